The molecule has 0 spiro atoms. The van der Waals surface area contributed by atoms with Gasteiger partial charge in [-0.1, -0.05) is 6.08 Å². The summed E-state index contributed by atoms with van der Waals surface area (Å²) in [6, 6.07) is 5.69. The van der Waals surface area contributed by atoms with Gasteiger partial charge < -0.3 is 10.1 Å². The van der Waals surface area contributed by atoms with Crippen LogP contribution in [-0.2, 0) is 11.3 Å². The molecular formula is C13H17N3O. The molecule has 17 heavy (non-hydrogen) atoms. The Hall–Kier alpha value is -1.70. The van der Waals surface area contributed by atoms with Crippen LogP contribution in [0.15, 0.2) is 31.0 Å². The van der Waals surface area contributed by atoms with Crippen LogP contribution in [0.1, 0.15) is 18.2 Å². The van der Waals surface area contributed by atoms with E-state index in [1.165, 1.54) is 0 Å². The van der Waals surface area contributed by atoms with Gasteiger partial charge in [-0.2, -0.15) is 5.26 Å². The van der Waals surface area contributed by atoms with Crippen molar-refractivity contribution < 1.29 is 4.74 Å². The van der Waals surface area contributed by atoms with E-state index >= 15 is 0 Å². The Balaban J connectivity index is 2.30. The summed E-state index contributed by atoms with van der Waals surface area (Å²) in [5.41, 5.74) is 1.49. The summed E-state index contributed by atoms with van der Waals surface area (Å²) in [4.78, 5) is 3.92. The Bertz CT molecular complexity index is 398. The first kappa shape index (κ1) is 13.4. The van der Waals surface area contributed by atoms with Crippen LogP contribution in [0.25, 0.3) is 0 Å². The Kier molecular flexibility index (Phi) is 5.94. The third-order valence-corrected chi connectivity index (χ3v) is 2.20. The lowest BCUT2D eigenvalue weighted by atomic mass is 10.2. The van der Waals surface area contributed by atoms with Crippen molar-refractivity contribution >= 4 is 0 Å². The number of hydrogen-bond acceptors (Lipinski definition) is 4. The maximum Gasteiger partial charge on any atom is 0.140 e. The molecular weight excluding hydrogens is 214 g/mol. The summed E-state index contributed by atoms with van der Waals surface area (Å²) in [5.74, 6) is 0. The lowest BCUT2D eigenvalue weighted by Gasteiger charge is -2.12. The van der Waals surface area contributed by atoms with Gasteiger partial charge >= 0.3 is 0 Å². The molecule has 1 aromatic rings. The van der Waals surface area contributed by atoms with E-state index in [0.717, 1.165) is 12.1 Å². The summed E-state index contributed by atoms with van der Waals surface area (Å²) in [6.45, 7) is 7.64. The van der Waals surface area contributed by atoms with Crippen LogP contribution in [0.3, 0.4) is 0 Å². The van der Waals surface area contributed by atoms with Gasteiger partial charge in [-0.3, -0.25) is 0 Å². The number of ether oxygens (including phenoxy) is 1. The van der Waals surface area contributed by atoms with Gasteiger partial charge in [0.05, 0.1) is 12.7 Å². The average molecular weight is 231 g/mol. The number of nitriles is 1. The van der Waals surface area contributed by atoms with Gasteiger partial charge in [-0.25, -0.2) is 4.98 Å². The van der Waals surface area contributed by atoms with Crippen LogP contribution in [-0.4, -0.2) is 24.2 Å². The number of rotatable bonds is 7. The Morgan fingerprint density at radius 2 is 2.53 bits per heavy atom. The monoisotopic (exact) mass is 231 g/mol. The Morgan fingerprint density at radius 1 is 1.71 bits per heavy atom. The highest BCUT2D eigenvalue weighted by atomic mass is 16.5. The van der Waals surface area contributed by atoms with Crippen molar-refractivity contribution in [3.63, 3.8) is 0 Å². The SMILES string of the molecule is C=CCOC(C)CNCc1ccnc(C#N)c1. The van der Waals surface area contributed by atoms with Crippen LogP contribution in [0.5, 0.6) is 0 Å². The van der Waals surface area contributed by atoms with E-state index in [-0.39, 0.29) is 6.10 Å². The average Bonchev–Trinajstić information content (AvgIpc) is 2.36. The zero-order valence-corrected chi connectivity index (χ0v) is 10.0. The van der Waals surface area contributed by atoms with Crippen molar-refractivity contribution in [3.05, 3.63) is 42.2 Å². The van der Waals surface area contributed by atoms with Gasteiger partial charge in [-0.05, 0) is 24.6 Å². The molecule has 0 amide bonds. The third-order valence-electron chi connectivity index (χ3n) is 2.20. The van der Waals surface area contributed by atoms with Crippen LogP contribution >= 0.6 is 0 Å². The third kappa shape index (κ3) is 5.25. The maximum absolute atomic E-state index is 8.71. The molecule has 4 nitrogen and oxygen atoms in total. The molecule has 0 bridgehead atoms. The highest BCUT2D eigenvalue weighted by molar-refractivity contribution is 5.25. The smallest absolute Gasteiger partial charge is 0.140 e. The molecule has 0 aliphatic rings. The molecule has 1 atom stereocenters. The zero-order valence-electron chi connectivity index (χ0n) is 10.0. The lowest BCUT2D eigenvalue weighted by molar-refractivity contribution is 0.0877. The molecule has 0 saturated heterocycles. The summed E-state index contributed by atoms with van der Waals surface area (Å²) < 4.78 is 5.43. The number of aromatic nitrogens is 1. The molecule has 1 N–H and O–H groups in total. The fourth-order valence-electron chi connectivity index (χ4n) is 1.36. The van der Waals surface area contributed by atoms with E-state index in [2.05, 4.69) is 16.9 Å². The minimum absolute atomic E-state index is 0.144. The summed E-state index contributed by atoms with van der Waals surface area (Å²) >= 11 is 0. The quantitative estimate of drug-likeness (QED) is 0.725. The second kappa shape index (κ2) is 7.55. The summed E-state index contributed by atoms with van der Waals surface area (Å²) in [7, 11) is 0. The molecule has 1 aromatic heterocycles. The largest absolute Gasteiger partial charge is 0.373 e. The molecule has 1 heterocycles. The van der Waals surface area contributed by atoms with Gasteiger partial charge in [0.15, 0.2) is 0 Å². The van der Waals surface area contributed by atoms with E-state index < -0.39 is 0 Å². The molecule has 1 unspecified atom stereocenters. The van der Waals surface area contributed by atoms with Gasteiger partial charge in [0.2, 0.25) is 0 Å². The number of pyridine rings is 1. The molecule has 0 saturated carbocycles. The van der Waals surface area contributed by atoms with Crippen LogP contribution in [0.4, 0.5) is 0 Å². The molecule has 4 heteroatoms. The van der Waals surface area contributed by atoms with Crippen molar-refractivity contribution in [1.82, 2.24) is 10.3 Å². The second-order valence-electron chi connectivity index (χ2n) is 3.72. The van der Waals surface area contributed by atoms with Gasteiger partial charge in [0, 0.05) is 19.3 Å². The van der Waals surface area contributed by atoms with Crippen molar-refractivity contribution in [2.24, 2.45) is 0 Å². The van der Waals surface area contributed by atoms with E-state index in [9.17, 15) is 0 Å². The number of hydrogen-bond donors (Lipinski definition) is 1. The molecule has 90 valence electrons. The minimum atomic E-state index is 0.144. The van der Waals surface area contributed by atoms with E-state index in [4.69, 9.17) is 10.00 Å². The lowest BCUT2D eigenvalue weighted by Crippen LogP contribution is -2.26. The standard InChI is InChI=1S/C13H17N3O/c1-3-6-17-11(2)9-15-10-12-4-5-16-13(7-12)8-14/h3-5,7,11,15H,1,6,9-10H2,2H3. The normalized spacial score (nSPS) is 11.8. The van der Waals surface area contributed by atoms with E-state index in [0.29, 0.717) is 18.8 Å². The molecule has 0 radical (unpaired) electrons. The fraction of sp³-hybridized carbons (Fsp3) is 0.385. The molecule has 1 rings (SSSR count). The van der Waals surface area contributed by atoms with Crippen molar-refractivity contribution in [3.8, 4) is 6.07 Å². The van der Waals surface area contributed by atoms with Crippen molar-refractivity contribution in [1.29, 1.82) is 5.26 Å². The first-order chi connectivity index (χ1) is 8.26. The number of nitrogens with one attached hydrogen (secondary N) is 1. The zero-order chi connectivity index (χ0) is 12.5. The number of nitrogens with zero attached hydrogens (tertiary/aromatic N) is 2. The molecule has 0 aliphatic heterocycles. The molecule has 0 aromatic carbocycles. The maximum atomic E-state index is 8.71. The Labute approximate surface area is 102 Å². The van der Waals surface area contributed by atoms with Gasteiger partial charge in [0.25, 0.3) is 0 Å². The van der Waals surface area contributed by atoms with Crippen LogP contribution in [0, 0.1) is 11.3 Å². The van der Waals surface area contributed by atoms with Gasteiger partial charge in [0.1, 0.15) is 11.8 Å². The van der Waals surface area contributed by atoms with Crippen LogP contribution in [0.2, 0.25) is 0 Å². The van der Waals surface area contributed by atoms with Crippen LogP contribution < -0.4 is 5.32 Å². The van der Waals surface area contributed by atoms with Gasteiger partial charge in [-0.15, -0.1) is 6.58 Å². The minimum Gasteiger partial charge on any atom is -0.373 e. The first-order valence-electron chi connectivity index (χ1n) is 5.54. The second-order valence-corrected chi connectivity index (χ2v) is 3.72. The first-order valence-corrected chi connectivity index (χ1v) is 5.54. The fourth-order valence-corrected chi connectivity index (χ4v) is 1.36. The Morgan fingerprint density at radius 3 is 3.24 bits per heavy atom. The molecule has 0 fully saturated rings. The highest BCUT2D eigenvalue weighted by Crippen LogP contribution is 2.00. The summed E-state index contributed by atoms with van der Waals surface area (Å²) in [5, 5.41) is 12.0. The highest BCUT2D eigenvalue weighted by Gasteiger charge is 2.01. The van der Waals surface area contributed by atoms with E-state index in [1.54, 1.807) is 18.3 Å². The predicted molar refractivity (Wildman–Crippen MR) is 66.3 cm³/mol. The van der Waals surface area contributed by atoms with E-state index in [1.807, 2.05) is 19.1 Å². The predicted octanol–water partition coefficient (Wildman–Crippen LogP) is 1.63. The van der Waals surface area contributed by atoms with Crippen molar-refractivity contribution in [2.45, 2.75) is 19.6 Å². The topological polar surface area (TPSA) is 57.9 Å². The summed E-state index contributed by atoms with van der Waals surface area (Å²) in [6.07, 6.45) is 3.52. The van der Waals surface area contributed by atoms with Crippen molar-refractivity contribution in [2.75, 3.05) is 13.2 Å². The molecule has 0 aliphatic carbocycles.